The van der Waals surface area contributed by atoms with Crippen LogP contribution in [-0.4, -0.2) is 49.7 Å². The average Bonchev–Trinajstić information content (AvgIpc) is 3.15. The van der Waals surface area contributed by atoms with Crippen LogP contribution in [0.3, 0.4) is 0 Å². The number of rotatable bonds is 8. The summed E-state index contributed by atoms with van der Waals surface area (Å²) in [7, 11) is 1.51. The highest BCUT2D eigenvalue weighted by molar-refractivity contribution is 6.30. The number of imide groups is 1. The molecule has 11 nitrogen and oxygen atoms in total. The minimum atomic E-state index is -1.14. The molecule has 2 amide bonds. The number of fused-ring (bicyclic) bond motifs is 1. The third-order valence-corrected chi connectivity index (χ3v) is 7.09. The van der Waals surface area contributed by atoms with E-state index in [2.05, 4.69) is 10.2 Å². The molecule has 200 valence electrons. The van der Waals surface area contributed by atoms with Gasteiger partial charge >= 0.3 is 11.7 Å². The van der Waals surface area contributed by atoms with E-state index in [-0.39, 0.29) is 48.9 Å². The fourth-order valence-corrected chi connectivity index (χ4v) is 4.98. The maximum atomic E-state index is 13.7. The number of aromatic nitrogens is 3. The van der Waals surface area contributed by atoms with Crippen molar-refractivity contribution in [1.82, 2.24) is 19.7 Å². The van der Waals surface area contributed by atoms with Crippen LogP contribution in [0.1, 0.15) is 53.0 Å². The summed E-state index contributed by atoms with van der Waals surface area (Å²) in [4.78, 5) is 52.2. The average molecular weight is 542 g/mol. The summed E-state index contributed by atoms with van der Waals surface area (Å²) in [6.07, 6.45) is 0.722. The number of amides is 2. The monoisotopic (exact) mass is 541 g/mol. The number of ether oxygens (including phenoxy) is 1. The molecule has 2 heterocycles. The zero-order valence-corrected chi connectivity index (χ0v) is 21.7. The van der Waals surface area contributed by atoms with Crippen molar-refractivity contribution in [2.45, 2.75) is 45.2 Å². The number of halogens is 1. The van der Waals surface area contributed by atoms with Crippen LogP contribution in [0.15, 0.2) is 41.2 Å². The highest BCUT2D eigenvalue weighted by atomic mass is 35.5. The number of methoxy groups -OCH3 is 1. The van der Waals surface area contributed by atoms with Crippen LogP contribution in [0.2, 0.25) is 5.02 Å². The van der Waals surface area contributed by atoms with Crippen LogP contribution in [-0.2, 0) is 29.1 Å². The normalized spacial score (nSPS) is 16.0. The van der Waals surface area contributed by atoms with Crippen LogP contribution >= 0.6 is 11.6 Å². The summed E-state index contributed by atoms with van der Waals surface area (Å²) in [5.41, 5.74) is 6.90. The first-order valence-electron chi connectivity index (χ1n) is 12.1. The number of carbonyl (C=O) groups is 3. The molecule has 1 unspecified atom stereocenters. The van der Waals surface area contributed by atoms with E-state index in [1.807, 2.05) is 6.92 Å². The van der Waals surface area contributed by atoms with Crippen LogP contribution < -0.4 is 16.2 Å². The molecule has 0 spiro atoms. The number of carboxylic acids is 1. The van der Waals surface area contributed by atoms with Crippen molar-refractivity contribution in [3.8, 4) is 5.75 Å². The molecule has 0 radical (unpaired) electrons. The van der Waals surface area contributed by atoms with E-state index in [4.69, 9.17) is 22.1 Å². The van der Waals surface area contributed by atoms with E-state index in [1.165, 1.54) is 17.7 Å². The number of nitrogen functional groups attached to an aromatic ring is 1. The van der Waals surface area contributed by atoms with Gasteiger partial charge in [0.1, 0.15) is 5.75 Å². The summed E-state index contributed by atoms with van der Waals surface area (Å²) in [5.74, 6) is -2.25. The number of H-pyrrole nitrogens is 1. The number of aromatic carboxylic acids is 1. The molecule has 12 heteroatoms. The van der Waals surface area contributed by atoms with Crippen LogP contribution in [0.25, 0.3) is 0 Å². The number of carboxylic acid groups (broad SMARTS) is 1. The molecule has 1 aromatic heterocycles. The number of aromatic amines is 1. The van der Waals surface area contributed by atoms with Gasteiger partial charge in [-0.15, -0.1) is 0 Å². The Morgan fingerprint density at radius 2 is 2.03 bits per heavy atom. The molecule has 4 rings (SSSR count). The maximum Gasteiger partial charge on any atom is 0.343 e. The number of nitrogens with two attached hydrogens (primary N) is 1. The van der Waals surface area contributed by atoms with Gasteiger partial charge in [-0.05, 0) is 60.2 Å². The smallest absolute Gasteiger partial charge is 0.343 e. The summed E-state index contributed by atoms with van der Waals surface area (Å²) >= 11 is 6.18. The summed E-state index contributed by atoms with van der Waals surface area (Å²) in [5, 5.41) is 16.2. The van der Waals surface area contributed by atoms with Gasteiger partial charge in [0.2, 0.25) is 11.8 Å². The van der Waals surface area contributed by atoms with Crippen molar-refractivity contribution in [1.29, 1.82) is 0 Å². The van der Waals surface area contributed by atoms with Crippen molar-refractivity contribution in [2.75, 3.05) is 12.8 Å². The van der Waals surface area contributed by atoms with E-state index < -0.39 is 29.4 Å². The lowest BCUT2D eigenvalue weighted by Gasteiger charge is -2.25. The molecule has 3 aromatic rings. The van der Waals surface area contributed by atoms with Crippen molar-refractivity contribution in [3.05, 3.63) is 74.4 Å². The fraction of sp³-hybridized carbons (Fsp3) is 0.346. The maximum absolute atomic E-state index is 13.7. The fourth-order valence-electron chi connectivity index (χ4n) is 4.78. The standard InChI is InChI=1S/C26H28ClN5O6/c1-3-14(15-4-6-19(25(35)36)20(28)10-15)11-23(33)32-13-22-29-30-26(37)31(22)12-17(24(32)34)8-16-9-18(27)5-7-21(16)38-2/h4-7,9-10,14,17H,3,8,11-13,28H2,1-2H3,(H,30,37)(H,35,36)/t14-,17?/m0/s1. The lowest BCUT2D eigenvalue weighted by atomic mass is 9.91. The Morgan fingerprint density at radius 1 is 1.26 bits per heavy atom. The highest BCUT2D eigenvalue weighted by Crippen LogP contribution is 2.30. The molecule has 2 atom stereocenters. The molecule has 4 N–H and O–H groups in total. The molecule has 0 aliphatic carbocycles. The number of anilines is 1. The quantitative estimate of drug-likeness (QED) is 0.367. The first kappa shape index (κ1) is 26.9. The first-order valence-corrected chi connectivity index (χ1v) is 12.4. The Balaban J connectivity index is 1.64. The third-order valence-electron chi connectivity index (χ3n) is 6.86. The molecule has 0 saturated carbocycles. The van der Waals surface area contributed by atoms with Crippen molar-refractivity contribution < 1.29 is 24.2 Å². The highest BCUT2D eigenvalue weighted by Gasteiger charge is 2.36. The van der Waals surface area contributed by atoms with E-state index in [0.29, 0.717) is 28.3 Å². The van der Waals surface area contributed by atoms with Crippen molar-refractivity contribution in [2.24, 2.45) is 5.92 Å². The number of hydrogen-bond acceptors (Lipinski definition) is 7. The van der Waals surface area contributed by atoms with Gasteiger partial charge < -0.3 is 15.6 Å². The second-order valence-corrected chi connectivity index (χ2v) is 9.63. The number of benzene rings is 2. The van der Waals surface area contributed by atoms with Gasteiger partial charge in [0.05, 0.1) is 25.1 Å². The molecule has 38 heavy (non-hydrogen) atoms. The largest absolute Gasteiger partial charge is 0.496 e. The van der Waals surface area contributed by atoms with Gasteiger partial charge in [-0.2, -0.15) is 5.10 Å². The topological polar surface area (TPSA) is 161 Å². The number of hydrogen-bond donors (Lipinski definition) is 3. The minimum Gasteiger partial charge on any atom is -0.496 e. The Labute approximate surface area is 223 Å². The summed E-state index contributed by atoms with van der Waals surface area (Å²) in [6.45, 7) is 1.77. The minimum absolute atomic E-state index is 0.0179. The molecule has 0 saturated heterocycles. The van der Waals surface area contributed by atoms with Gasteiger partial charge in [0.15, 0.2) is 5.82 Å². The van der Waals surface area contributed by atoms with E-state index in [9.17, 15) is 24.3 Å². The lowest BCUT2D eigenvalue weighted by molar-refractivity contribution is -0.148. The van der Waals surface area contributed by atoms with E-state index in [1.54, 1.807) is 30.3 Å². The van der Waals surface area contributed by atoms with Gasteiger partial charge in [0.25, 0.3) is 0 Å². The lowest BCUT2D eigenvalue weighted by Crippen LogP contribution is -2.41. The molecule has 0 bridgehead atoms. The van der Waals surface area contributed by atoms with E-state index >= 15 is 0 Å². The predicted octanol–water partition coefficient (Wildman–Crippen LogP) is 2.83. The molecule has 0 fully saturated rings. The molecule has 1 aliphatic heterocycles. The molecular formula is C26H28ClN5O6. The van der Waals surface area contributed by atoms with E-state index in [0.717, 1.165) is 4.90 Å². The van der Waals surface area contributed by atoms with Crippen LogP contribution in [0, 0.1) is 5.92 Å². The second-order valence-electron chi connectivity index (χ2n) is 9.19. The van der Waals surface area contributed by atoms with Crippen LogP contribution in [0.4, 0.5) is 5.69 Å². The first-order chi connectivity index (χ1) is 18.1. The second kappa shape index (κ2) is 11.1. The zero-order chi connectivity index (χ0) is 27.6. The number of nitrogens with one attached hydrogen (secondary N) is 1. The SMILES string of the molecule is CC[C@@H](CC(=O)N1Cc2n[nH]c(=O)n2CC(Cc2cc(Cl)ccc2OC)C1=O)c1ccc(C(=O)O)c(N)c1. The summed E-state index contributed by atoms with van der Waals surface area (Å²) < 4.78 is 6.80. The van der Waals surface area contributed by atoms with Gasteiger partial charge in [-0.1, -0.05) is 24.6 Å². The number of nitrogens with zero attached hydrogens (tertiary/aromatic N) is 3. The molecule has 1 aliphatic rings. The molecule has 2 aromatic carbocycles. The van der Waals surface area contributed by atoms with Gasteiger partial charge in [-0.3, -0.25) is 19.1 Å². The zero-order valence-electron chi connectivity index (χ0n) is 20.9. The Kier molecular flexibility index (Phi) is 7.86. The number of carbonyl (C=O) groups excluding carboxylic acids is 2. The Hall–Kier alpha value is -4.12. The van der Waals surface area contributed by atoms with Crippen LogP contribution in [0.5, 0.6) is 5.75 Å². The molecular weight excluding hydrogens is 514 g/mol. The third kappa shape index (κ3) is 5.42. The van der Waals surface area contributed by atoms with Gasteiger partial charge in [0, 0.05) is 23.7 Å². The van der Waals surface area contributed by atoms with Gasteiger partial charge in [-0.25, -0.2) is 14.7 Å². The van der Waals surface area contributed by atoms with Crippen molar-refractivity contribution >= 4 is 35.1 Å². The summed E-state index contributed by atoms with van der Waals surface area (Å²) in [6, 6.07) is 9.66. The van der Waals surface area contributed by atoms with Crippen molar-refractivity contribution in [3.63, 3.8) is 0 Å². The predicted molar refractivity (Wildman–Crippen MR) is 139 cm³/mol. The Morgan fingerprint density at radius 3 is 2.68 bits per heavy atom. The Bertz CT molecular complexity index is 1450.